The quantitative estimate of drug-likeness (QED) is 0.498. The molecule has 188 valence electrons. The number of nitrogens with one attached hydrogen (secondary N) is 1. The average molecular weight is 479 g/mol. The summed E-state index contributed by atoms with van der Waals surface area (Å²) in [4.78, 5) is 28.9. The Morgan fingerprint density at radius 2 is 1.86 bits per heavy atom. The molecule has 0 saturated carbocycles. The fraction of sp³-hybridized carbons (Fsp3) is 0.500. The normalized spacial score (nSPS) is 15.5. The number of nitrogens with zero attached hydrogens (tertiary/aromatic N) is 3. The monoisotopic (exact) mass is 478 g/mol. The first kappa shape index (κ1) is 25.0. The summed E-state index contributed by atoms with van der Waals surface area (Å²) in [5.74, 6) is 0.860. The standard InChI is InChI=1S/C28H38N4O3/c1-20(2)29-27(33)19-32-26(22-9-8-10-24(15-22)35-4)18-31-17-23(16-25(31)28(32)34)21(3)11-14-30-12-6-5-7-13-30/h8-10,15-18,20-21H,5-7,11-14,19H2,1-4H3,(H,29,33)/t21-/m0/s1. The third-order valence-electron chi connectivity index (χ3n) is 6.90. The smallest absolute Gasteiger partial charge is 0.275 e. The SMILES string of the molecule is COc1cccc(-c2cn3cc([C@@H](C)CCN4CCCCC4)cc3c(=O)n2CC(=O)NC(C)C)c1. The summed E-state index contributed by atoms with van der Waals surface area (Å²) in [5.41, 5.74) is 3.09. The van der Waals surface area contributed by atoms with Crippen molar-refractivity contribution in [1.82, 2.24) is 19.2 Å². The number of amides is 1. The Balaban J connectivity index is 1.69. The van der Waals surface area contributed by atoms with Crippen LogP contribution in [0.4, 0.5) is 0 Å². The maximum Gasteiger partial charge on any atom is 0.275 e. The Morgan fingerprint density at radius 1 is 1.09 bits per heavy atom. The average Bonchev–Trinajstić information content (AvgIpc) is 3.29. The minimum absolute atomic E-state index is 0.00265. The molecule has 7 heteroatoms. The van der Waals surface area contributed by atoms with Crippen molar-refractivity contribution in [2.45, 2.75) is 65.0 Å². The number of benzene rings is 1. The van der Waals surface area contributed by atoms with Crippen LogP contribution in [0.25, 0.3) is 16.8 Å². The van der Waals surface area contributed by atoms with Crippen LogP contribution in [0.5, 0.6) is 5.75 Å². The summed E-state index contributed by atoms with van der Waals surface area (Å²) >= 11 is 0. The molecule has 0 aliphatic carbocycles. The Hall–Kier alpha value is -3.06. The lowest BCUT2D eigenvalue weighted by molar-refractivity contribution is -0.122. The fourth-order valence-electron chi connectivity index (χ4n) is 4.90. The van der Waals surface area contributed by atoms with Gasteiger partial charge in [-0.2, -0.15) is 0 Å². The lowest BCUT2D eigenvalue weighted by Crippen LogP contribution is -2.36. The molecule has 0 radical (unpaired) electrons. The van der Waals surface area contributed by atoms with Gasteiger partial charge in [-0.3, -0.25) is 14.2 Å². The van der Waals surface area contributed by atoms with Gasteiger partial charge in [0.25, 0.3) is 5.56 Å². The van der Waals surface area contributed by atoms with Gasteiger partial charge in [0, 0.05) is 24.0 Å². The molecule has 4 rings (SSSR count). The van der Waals surface area contributed by atoms with Crippen molar-refractivity contribution >= 4 is 11.4 Å². The van der Waals surface area contributed by atoms with Crippen LogP contribution in [0, 0.1) is 0 Å². The van der Waals surface area contributed by atoms with Gasteiger partial charge < -0.3 is 19.4 Å². The number of likely N-dealkylation sites (tertiary alicyclic amines) is 1. The highest BCUT2D eigenvalue weighted by Gasteiger charge is 2.19. The molecule has 3 heterocycles. The first-order valence-corrected chi connectivity index (χ1v) is 12.8. The lowest BCUT2D eigenvalue weighted by Gasteiger charge is -2.27. The van der Waals surface area contributed by atoms with Crippen LogP contribution in [0.3, 0.4) is 0 Å². The zero-order valence-corrected chi connectivity index (χ0v) is 21.4. The van der Waals surface area contributed by atoms with E-state index in [4.69, 9.17) is 4.74 Å². The van der Waals surface area contributed by atoms with Crippen molar-refractivity contribution in [1.29, 1.82) is 0 Å². The zero-order valence-electron chi connectivity index (χ0n) is 21.4. The van der Waals surface area contributed by atoms with Crippen molar-refractivity contribution in [3.8, 4) is 17.0 Å². The van der Waals surface area contributed by atoms with E-state index in [1.54, 1.807) is 11.7 Å². The minimum atomic E-state index is -0.183. The molecule has 0 unspecified atom stereocenters. The van der Waals surface area contributed by atoms with Crippen LogP contribution < -0.4 is 15.6 Å². The molecule has 35 heavy (non-hydrogen) atoms. The summed E-state index contributed by atoms with van der Waals surface area (Å²) in [6, 6.07) is 9.59. The molecule has 1 atom stereocenters. The van der Waals surface area contributed by atoms with Gasteiger partial charge in [-0.05, 0) is 82.4 Å². The highest BCUT2D eigenvalue weighted by Crippen LogP contribution is 2.26. The number of carbonyl (C=O) groups excluding carboxylic acids is 1. The van der Waals surface area contributed by atoms with E-state index in [0.717, 1.165) is 24.1 Å². The van der Waals surface area contributed by atoms with Gasteiger partial charge in [0.2, 0.25) is 5.91 Å². The molecular weight excluding hydrogens is 440 g/mol. The molecule has 0 spiro atoms. The van der Waals surface area contributed by atoms with Crippen LogP contribution in [0.2, 0.25) is 0 Å². The van der Waals surface area contributed by atoms with Crippen LogP contribution >= 0.6 is 0 Å². The molecule has 1 saturated heterocycles. The Labute approximate surface area is 207 Å². The zero-order chi connectivity index (χ0) is 24.9. The first-order chi connectivity index (χ1) is 16.9. The maximum absolute atomic E-state index is 13.7. The summed E-state index contributed by atoms with van der Waals surface area (Å²) in [5, 5.41) is 2.90. The van der Waals surface area contributed by atoms with Gasteiger partial charge in [-0.1, -0.05) is 25.5 Å². The largest absolute Gasteiger partial charge is 0.497 e. The van der Waals surface area contributed by atoms with Gasteiger partial charge in [0.15, 0.2) is 0 Å². The number of hydrogen-bond donors (Lipinski definition) is 1. The van der Waals surface area contributed by atoms with E-state index in [9.17, 15) is 9.59 Å². The highest BCUT2D eigenvalue weighted by molar-refractivity contribution is 5.77. The van der Waals surface area contributed by atoms with Crippen LogP contribution in [0.1, 0.15) is 57.9 Å². The van der Waals surface area contributed by atoms with Gasteiger partial charge >= 0.3 is 0 Å². The molecule has 1 aromatic carbocycles. The summed E-state index contributed by atoms with van der Waals surface area (Å²) in [6.45, 7) is 9.49. The van der Waals surface area contributed by atoms with Gasteiger partial charge in [0.1, 0.15) is 17.8 Å². The second-order valence-electron chi connectivity index (χ2n) is 10.0. The van der Waals surface area contributed by atoms with Gasteiger partial charge in [0.05, 0.1) is 12.8 Å². The molecule has 1 N–H and O–H groups in total. The topological polar surface area (TPSA) is 68.0 Å². The van der Waals surface area contributed by atoms with E-state index in [0.29, 0.717) is 22.9 Å². The molecule has 7 nitrogen and oxygen atoms in total. The van der Waals surface area contributed by atoms with E-state index >= 15 is 0 Å². The number of methoxy groups -OCH3 is 1. The number of hydrogen-bond acceptors (Lipinski definition) is 4. The first-order valence-electron chi connectivity index (χ1n) is 12.8. The number of fused-ring (bicyclic) bond motifs is 1. The summed E-state index contributed by atoms with van der Waals surface area (Å²) in [7, 11) is 1.62. The Morgan fingerprint density at radius 3 is 2.57 bits per heavy atom. The lowest BCUT2D eigenvalue weighted by atomic mass is 10.00. The fourth-order valence-corrected chi connectivity index (χ4v) is 4.90. The number of piperidine rings is 1. The molecule has 1 aliphatic rings. The molecule has 1 amide bonds. The van der Waals surface area contributed by atoms with E-state index < -0.39 is 0 Å². The predicted octanol–water partition coefficient (Wildman–Crippen LogP) is 4.28. The summed E-state index contributed by atoms with van der Waals surface area (Å²) in [6.07, 6.45) is 9.01. The van der Waals surface area contributed by atoms with E-state index in [1.165, 1.54) is 32.4 Å². The minimum Gasteiger partial charge on any atom is -0.497 e. The molecule has 1 fully saturated rings. The van der Waals surface area contributed by atoms with Crippen LogP contribution in [-0.4, -0.2) is 52.6 Å². The number of aromatic nitrogens is 2. The van der Waals surface area contributed by atoms with Gasteiger partial charge in [-0.25, -0.2) is 0 Å². The predicted molar refractivity (Wildman–Crippen MR) is 140 cm³/mol. The van der Waals surface area contributed by atoms with Crippen molar-refractivity contribution < 1.29 is 9.53 Å². The number of carbonyl (C=O) groups is 1. The van der Waals surface area contributed by atoms with Crippen molar-refractivity contribution in [2.75, 3.05) is 26.7 Å². The van der Waals surface area contributed by atoms with Crippen molar-refractivity contribution in [3.63, 3.8) is 0 Å². The van der Waals surface area contributed by atoms with Crippen molar-refractivity contribution in [2.24, 2.45) is 0 Å². The van der Waals surface area contributed by atoms with E-state index in [1.807, 2.05) is 54.8 Å². The second kappa shape index (κ2) is 11.1. The molecule has 3 aromatic rings. The van der Waals surface area contributed by atoms with Gasteiger partial charge in [-0.15, -0.1) is 0 Å². The molecular formula is C28H38N4O3. The summed E-state index contributed by atoms with van der Waals surface area (Å²) < 4.78 is 8.89. The third-order valence-corrected chi connectivity index (χ3v) is 6.90. The Bertz CT molecular complexity index is 1220. The van der Waals surface area contributed by atoms with Crippen LogP contribution in [-0.2, 0) is 11.3 Å². The highest BCUT2D eigenvalue weighted by atomic mass is 16.5. The molecule has 0 bridgehead atoms. The molecule has 2 aromatic heterocycles. The van der Waals surface area contributed by atoms with E-state index in [2.05, 4.69) is 23.3 Å². The number of ether oxygens (including phenoxy) is 1. The van der Waals surface area contributed by atoms with Crippen molar-refractivity contribution in [3.05, 3.63) is 58.6 Å². The molecule has 1 aliphatic heterocycles. The maximum atomic E-state index is 13.7. The number of rotatable bonds is 9. The third kappa shape index (κ3) is 5.96. The Kier molecular flexibility index (Phi) is 7.96. The van der Waals surface area contributed by atoms with E-state index in [-0.39, 0.29) is 24.1 Å². The second-order valence-corrected chi connectivity index (χ2v) is 10.0. The van der Waals surface area contributed by atoms with Crippen LogP contribution in [0.15, 0.2) is 47.5 Å².